The fourth-order valence-corrected chi connectivity index (χ4v) is 2.60. The van der Waals surface area contributed by atoms with Crippen LogP contribution >= 0.6 is 0 Å². The van der Waals surface area contributed by atoms with Gasteiger partial charge in [0.05, 0.1) is 0 Å². The number of hydrogen-bond donors (Lipinski definition) is 3. The fraction of sp³-hybridized carbons (Fsp3) is 0.556. The lowest BCUT2D eigenvalue weighted by atomic mass is 10.1. The number of nitrogens with one attached hydrogen (secondary N) is 2. The summed E-state index contributed by atoms with van der Waals surface area (Å²) in [4.78, 5) is 28.8. The minimum atomic E-state index is -0.456. The van der Waals surface area contributed by atoms with Gasteiger partial charge in [0, 0.05) is 31.4 Å². The van der Waals surface area contributed by atoms with Crippen LogP contribution in [-0.4, -0.2) is 52.9 Å². The monoisotopic (exact) mass is 375 g/mol. The van der Waals surface area contributed by atoms with Gasteiger partial charge in [-0.2, -0.15) is 10.5 Å². The molecule has 0 bridgehead atoms. The van der Waals surface area contributed by atoms with Crippen LogP contribution in [0.5, 0.6) is 0 Å². The molecule has 0 unspecified atom stereocenters. The van der Waals surface area contributed by atoms with Gasteiger partial charge in [-0.1, -0.05) is 11.3 Å². The summed E-state index contributed by atoms with van der Waals surface area (Å²) in [7, 11) is 0. The van der Waals surface area contributed by atoms with Gasteiger partial charge in [0.2, 0.25) is 5.91 Å². The normalized spacial score (nSPS) is 15.5. The Morgan fingerprint density at radius 2 is 2.11 bits per heavy atom. The molecule has 0 aliphatic carbocycles. The highest BCUT2D eigenvalue weighted by Gasteiger charge is 2.20. The second-order valence-electron chi connectivity index (χ2n) is 6.26. The molecule has 1 fully saturated rings. The van der Waals surface area contributed by atoms with Gasteiger partial charge in [-0.05, 0) is 51.2 Å². The summed E-state index contributed by atoms with van der Waals surface area (Å²) in [6, 6.07) is 0. The van der Waals surface area contributed by atoms with Crippen molar-refractivity contribution in [1.29, 1.82) is 10.9 Å². The SMILES string of the molecule is C/C=C/N(CCCCC(=N)/C=C\C(N)=NC(=O)CN1CCCCC1=O)N=N. The number of unbranched alkanes of at least 4 members (excludes halogenated alkanes) is 1. The standard InChI is InChI=1S/C18H29N7O2/c1-2-11-25(23-21)13-6-3-7-15(19)9-10-16(20)22-17(26)14-24-12-5-4-8-18(24)27/h2,9-11,19,21H,3-8,12-14H2,1H3,(H2,20,22,26)/b10-9-,11-2+,19-15?,23-21?. The summed E-state index contributed by atoms with van der Waals surface area (Å²) in [5.74, 6) is -0.449. The van der Waals surface area contributed by atoms with E-state index in [-0.39, 0.29) is 18.3 Å². The average molecular weight is 375 g/mol. The van der Waals surface area contributed by atoms with Gasteiger partial charge in [-0.3, -0.25) is 14.6 Å². The molecule has 1 aliphatic heterocycles. The molecule has 148 valence electrons. The number of hydrogen-bond acceptors (Lipinski definition) is 5. The molecule has 9 nitrogen and oxygen atoms in total. The Labute approximate surface area is 160 Å². The Hall–Kier alpha value is -2.84. The molecular formula is C18H29N7O2. The van der Waals surface area contributed by atoms with E-state index in [1.807, 2.05) is 13.0 Å². The van der Waals surface area contributed by atoms with Crippen molar-refractivity contribution in [2.24, 2.45) is 15.9 Å². The lowest BCUT2D eigenvalue weighted by Crippen LogP contribution is -2.38. The van der Waals surface area contributed by atoms with Crippen LogP contribution in [0, 0.1) is 10.9 Å². The Morgan fingerprint density at radius 3 is 2.78 bits per heavy atom. The van der Waals surface area contributed by atoms with Crippen molar-refractivity contribution < 1.29 is 9.59 Å². The highest BCUT2D eigenvalue weighted by Crippen LogP contribution is 2.10. The quantitative estimate of drug-likeness (QED) is 0.168. The van der Waals surface area contributed by atoms with E-state index in [9.17, 15) is 9.59 Å². The van der Waals surface area contributed by atoms with E-state index in [4.69, 9.17) is 16.7 Å². The molecule has 0 aromatic heterocycles. The molecule has 4 N–H and O–H groups in total. The summed E-state index contributed by atoms with van der Waals surface area (Å²) < 4.78 is 0. The zero-order chi connectivity index (χ0) is 20.1. The van der Waals surface area contributed by atoms with Gasteiger partial charge in [-0.15, -0.1) is 0 Å². The average Bonchev–Trinajstić information content (AvgIpc) is 2.64. The maximum absolute atomic E-state index is 11.9. The molecule has 2 amide bonds. The van der Waals surface area contributed by atoms with Crippen LogP contribution in [0.3, 0.4) is 0 Å². The number of nitrogens with two attached hydrogens (primary N) is 1. The van der Waals surface area contributed by atoms with Crippen molar-refractivity contribution >= 4 is 23.4 Å². The maximum atomic E-state index is 11.9. The van der Waals surface area contributed by atoms with E-state index >= 15 is 0 Å². The van der Waals surface area contributed by atoms with E-state index in [0.29, 0.717) is 31.6 Å². The lowest BCUT2D eigenvalue weighted by molar-refractivity contribution is -0.136. The first kappa shape index (κ1) is 22.2. The predicted octanol–water partition coefficient (Wildman–Crippen LogP) is 2.41. The molecule has 0 spiro atoms. The third-order valence-electron chi connectivity index (χ3n) is 3.99. The number of amides is 2. The van der Waals surface area contributed by atoms with Gasteiger partial charge in [0.15, 0.2) is 0 Å². The first-order chi connectivity index (χ1) is 13.0. The number of allylic oxidation sites excluding steroid dienone is 2. The molecule has 0 radical (unpaired) electrons. The Bertz CT molecular complexity index is 625. The second kappa shape index (κ2) is 12.5. The van der Waals surface area contributed by atoms with Crippen molar-refractivity contribution in [3.8, 4) is 0 Å². The second-order valence-corrected chi connectivity index (χ2v) is 6.26. The summed E-state index contributed by atoms with van der Waals surface area (Å²) in [5, 5.41) is 12.8. The number of rotatable bonds is 11. The minimum absolute atomic E-state index is 0.0214. The number of nitrogens with zero attached hydrogens (tertiary/aromatic N) is 4. The van der Waals surface area contributed by atoms with Crippen molar-refractivity contribution in [1.82, 2.24) is 9.91 Å². The molecular weight excluding hydrogens is 346 g/mol. The summed E-state index contributed by atoms with van der Waals surface area (Å²) in [6.45, 7) is 3.02. The van der Waals surface area contributed by atoms with Crippen LogP contribution in [-0.2, 0) is 9.59 Å². The summed E-state index contributed by atoms with van der Waals surface area (Å²) in [5.41, 5.74) is 13.1. The molecule has 0 aromatic carbocycles. The topological polar surface area (TPSA) is 139 Å². The summed E-state index contributed by atoms with van der Waals surface area (Å²) >= 11 is 0. The van der Waals surface area contributed by atoms with Crippen LogP contribution in [0.2, 0.25) is 0 Å². The number of carbonyl (C=O) groups excluding carboxylic acids is 2. The number of aliphatic imine (C=N–C) groups is 1. The number of amidine groups is 1. The van der Waals surface area contributed by atoms with Gasteiger partial charge in [0.1, 0.15) is 12.4 Å². The Kier molecular flexibility index (Phi) is 10.3. The molecule has 0 saturated carbocycles. The third kappa shape index (κ3) is 9.43. The van der Waals surface area contributed by atoms with E-state index in [1.54, 1.807) is 6.20 Å². The molecule has 27 heavy (non-hydrogen) atoms. The third-order valence-corrected chi connectivity index (χ3v) is 3.99. The maximum Gasteiger partial charge on any atom is 0.267 e. The van der Waals surface area contributed by atoms with Gasteiger partial charge < -0.3 is 16.0 Å². The number of carbonyl (C=O) groups is 2. The first-order valence-corrected chi connectivity index (χ1v) is 9.13. The van der Waals surface area contributed by atoms with Crippen molar-refractivity contribution in [2.75, 3.05) is 19.6 Å². The van der Waals surface area contributed by atoms with Crippen molar-refractivity contribution in [2.45, 2.75) is 45.4 Å². The van der Waals surface area contributed by atoms with E-state index in [1.165, 1.54) is 22.1 Å². The minimum Gasteiger partial charge on any atom is -0.384 e. The van der Waals surface area contributed by atoms with Crippen LogP contribution in [0.25, 0.3) is 0 Å². The van der Waals surface area contributed by atoms with E-state index in [2.05, 4.69) is 10.2 Å². The number of likely N-dealkylation sites (tertiary alicyclic amines) is 1. The van der Waals surface area contributed by atoms with Crippen LogP contribution in [0.4, 0.5) is 0 Å². The highest BCUT2D eigenvalue weighted by atomic mass is 16.2. The van der Waals surface area contributed by atoms with Gasteiger partial charge in [0.25, 0.3) is 5.91 Å². The molecule has 1 rings (SSSR count). The molecule has 1 aliphatic rings. The smallest absolute Gasteiger partial charge is 0.267 e. The van der Waals surface area contributed by atoms with E-state index < -0.39 is 5.91 Å². The zero-order valence-corrected chi connectivity index (χ0v) is 15.9. The first-order valence-electron chi connectivity index (χ1n) is 9.13. The van der Waals surface area contributed by atoms with Gasteiger partial charge >= 0.3 is 0 Å². The molecule has 0 atom stereocenters. The lowest BCUT2D eigenvalue weighted by Gasteiger charge is -2.25. The molecule has 0 aromatic rings. The van der Waals surface area contributed by atoms with E-state index in [0.717, 1.165) is 25.7 Å². The fourth-order valence-electron chi connectivity index (χ4n) is 2.60. The zero-order valence-electron chi connectivity index (χ0n) is 15.9. The van der Waals surface area contributed by atoms with Crippen LogP contribution in [0.1, 0.15) is 45.4 Å². The largest absolute Gasteiger partial charge is 0.384 e. The van der Waals surface area contributed by atoms with Crippen LogP contribution in [0.15, 0.2) is 34.6 Å². The molecule has 1 saturated heterocycles. The Balaban J connectivity index is 2.33. The van der Waals surface area contributed by atoms with Crippen molar-refractivity contribution in [3.63, 3.8) is 0 Å². The number of piperidine rings is 1. The van der Waals surface area contributed by atoms with Gasteiger partial charge in [-0.25, -0.2) is 0 Å². The highest BCUT2D eigenvalue weighted by molar-refractivity contribution is 6.05. The van der Waals surface area contributed by atoms with Crippen LogP contribution < -0.4 is 5.73 Å². The Morgan fingerprint density at radius 1 is 1.33 bits per heavy atom. The van der Waals surface area contributed by atoms with Crippen molar-refractivity contribution in [3.05, 3.63) is 24.4 Å². The molecule has 1 heterocycles. The summed E-state index contributed by atoms with van der Waals surface area (Å²) in [6.07, 6.45) is 10.9. The molecule has 9 heteroatoms. The predicted molar refractivity (Wildman–Crippen MR) is 104 cm³/mol.